The number of aryl methyl sites for hydroxylation is 1. The molecule has 0 radical (unpaired) electrons. The first-order chi connectivity index (χ1) is 15.9. The lowest BCUT2D eigenvalue weighted by atomic mass is 9.99. The quantitative estimate of drug-likeness (QED) is 0.502. The third kappa shape index (κ3) is 4.04. The maximum absolute atomic E-state index is 14.8. The molecule has 0 spiro atoms. The molecule has 0 aliphatic carbocycles. The monoisotopic (exact) mass is 444 g/mol. The molecule has 1 aliphatic heterocycles. The maximum Gasteiger partial charge on any atom is 0.244 e. The normalized spacial score (nSPS) is 14.0. The van der Waals surface area contributed by atoms with Gasteiger partial charge < -0.3 is 10.2 Å². The van der Waals surface area contributed by atoms with E-state index >= 15 is 0 Å². The molecular weight excluding hydrogens is 419 g/mol. The van der Waals surface area contributed by atoms with Crippen molar-refractivity contribution in [3.05, 3.63) is 66.0 Å². The molecule has 1 aromatic carbocycles. The van der Waals surface area contributed by atoms with Gasteiger partial charge in [-0.3, -0.25) is 14.5 Å². The van der Waals surface area contributed by atoms with Crippen molar-refractivity contribution in [3.63, 3.8) is 0 Å². The second-order valence-electron chi connectivity index (χ2n) is 8.67. The highest BCUT2D eigenvalue weighted by atomic mass is 19.1. The molecule has 0 fully saturated rings. The minimum Gasteiger partial charge on any atom is -0.338 e. The van der Waals surface area contributed by atoms with Gasteiger partial charge in [0.15, 0.2) is 5.82 Å². The summed E-state index contributed by atoms with van der Waals surface area (Å²) >= 11 is 0. The van der Waals surface area contributed by atoms with Crippen LogP contribution in [0.3, 0.4) is 0 Å². The van der Waals surface area contributed by atoms with E-state index in [1.165, 1.54) is 6.07 Å². The van der Waals surface area contributed by atoms with Gasteiger partial charge in [0.2, 0.25) is 5.91 Å². The highest BCUT2D eigenvalue weighted by molar-refractivity contribution is 5.89. The number of pyridine rings is 2. The highest BCUT2D eigenvalue weighted by Crippen LogP contribution is 2.30. The van der Waals surface area contributed by atoms with Crippen molar-refractivity contribution in [2.45, 2.75) is 39.8 Å². The van der Waals surface area contributed by atoms with E-state index in [0.717, 1.165) is 28.6 Å². The predicted octanol–water partition coefficient (Wildman–Crippen LogP) is 4.48. The summed E-state index contributed by atoms with van der Waals surface area (Å²) < 4.78 is 16.5. The van der Waals surface area contributed by atoms with E-state index in [0.29, 0.717) is 29.1 Å². The Bertz CT molecular complexity index is 1360. The number of hydrogen-bond donors (Lipinski definition) is 1. The first-order valence-electron chi connectivity index (χ1n) is 11.0. The molecule has 3 aromatic heterocycles. The summed E-state index contributed by atoms with van der Waals surface area (Å²) in [6, 6.07) is 9.19. The minimum atomic E-state index is -0.306. The number of amides is 1. The SMILES string of the molecule is Cc1ccncc1-c1cc2cc(Nc3cc4n(n3)CC(=O)N(C(C)C)CC4)ncc2cc1F. The topological polar surface area (TPSA) is 75.9 Å². The molecular formula is C25H25FN6O. The van der Waals surface area contributed by atoms with Gasteiger partial charge in [-0.2, -0.15) is 5.10 Å². The second kappa shape index (κ2) is 8.27. The highest BCUT2D eigenvalue weighted by Gasteiger charge is 2.23. The van der Waals surface area contributed by atoms with Crippen molar-refractivity contribution in [3.8, 4) is 11.1 Å². The number of carbonyl (C=O) groups is 1. The number of halogens is 1. The van der Waals surface area contributed by atoms with Gasteiger partial charge in [0.05, 0.1) is 0 Å². The van der Waals surface area contributed by atoms with E-state index in [4.69, 9.17) is 0 Å². The van der Waals surface area contributed by atoms with Crippen LogP contribution in [0.15, 0.2) is 48.9 Å². The molecule has 7 nitrogen and oxygen atoms in total. The fourth-order valence-corrected chi connectivity index (χ4v) is 4.30. The summed E-state index contributed by atoms with van der Waals surface area (Å²) in [5.41, 5.74) is 3.24. The zero-order chi connectivity index (χ0) is 23.1. The van der Waals surface area contributed by atoms with Crippen LogP contribution in [0, 0.1) is 12.7 Å². The number of fused-ring (bicyclic) bond motifs is 2. The molecule has 1 N–H and O–H groups in total. The van der Waals surface area contributed by atoms with Crippen LogP contribution < -0.4 is 5.32 Å². The number of nitrogens with one attached hydrogen (secondary N) is 1. The lowest BCUT2D eigenvalue weighted by molar-refractivity contribution is -0.133. The van der Waals surface area contributed by atoms with Crippen LogP contribution in [0.25, 0.3) is 21.9 Å². The molecule has 5 rings (SSSR count). The zero-order valence-electron chi connectivity index (χ0n) is 18.8. The zero-order valence-corrected chi connectivity index (χ0v) is 18.8. The van der Waals surface area contributed by atoms with Crippen molar-refractivity contribution in [2.24, 2.45) is 0 Å². The Morgan fingerprint density at radius 1 is 1.06 bits per heavy atom. The fourth-order valence-electron chi connectivity index (χ4n) is 4.30. The van der Waals surface area contributed by atoms with Crippen molar-refractivity contribution in [2.75, 3.05) is 11.9 Å². The predicted molar refractivity (Wildman–Crippen MR) is 126 cm³/mol. The largest absolute Gasteiger partial charge is 0.338 e. The lowest BCUT2D eigenvalue weighted by Gasteiger charge is -2.24. The molecule has 0 atom stereocenters. The Hall–Kier alpha value is -3.81. The Morgan fingerprint density at radius 3 is 2.70 bits per heavy atom. The number of aromatic nitrogens is 4. The standard InChI is InChI=1S/C25H25FN6O/c1-15(2)31-7-5-19-11-24(30-32(19)14-25(31)33)29-23-10-17-8-20(21-13-27-6-4-16(21)3)22(26)9-18(17)12-28-23/h4,6,8-13,15H,5,7,14H2,1-3H3,(H,28,29,30). The van der Waals surface area contributed by atoms with Gasteiger partial charge in [-0.25, -0.2) is 9.37 Å². The van der Waals surface area contributed by atoms with E-state index in [1.807, 2.05) is 49.9 Å². The maximum atomic E-state index is 14.8. The summed E-state index contributed by atoms with van der Waals surface area (Å²) in [7, 11) is 0. The molecule has 0 unspecified atom stereocenters. The summed E-state index contributed by atoms with van der Waals surface area (Å²) in [6.07, 6.45) is 5.77. The summed E-state index contributed by atoms with van der Waals surface area (Å²) in [5, 5.41) is 9.37. The molecule has 0 bridgehead atoms. The first-order valence-corrected chi connectivity index (χ1v) is 11.0. The molecule has 8 heteroatoms. The Balaban J connectivity index is 1.43. The van der Waals surface area contributed by atoms with Crippen molar-refractivity contribution in [1.29, 1.82) is 0 Å². The Morgan fingerprint density at radius 2 is 1.91 bits per heavy atom. The molecule has 0 saturated carbocycles. The van der Waals surface area contributed by atoms with Crippen LogP contribution in [0.1, 0.15) is 25.1 Å². The van der Waals surface area contributed by atoms with Crippen molar-refractivity contribution in [1.82, 2.24) is 24.6 Å². The number of benzene rings is 1. The molecule has 4 heterocycles. The smallest absolute Gasteiger partial charge is 0.244 e. The minimum absolute atomic E-state index is 0.0717. The molecule has 1 aliphatic rings. The van der Waals surface area contributed by atoms with E-state index < -0.39 is 0 Å². The van der Waals surface area contributed by atoms with Gasteiger partial charge >= 0.3 is 0 Å². The molecule has 0 saturated heterocycles. The van der Waals surface area contributed by atoms with Crippen LogP contribution in [0.5, 0.6) is 0 Å². The van der Waals surface area contributed by atoms with Crippen LogP contribution in [-0.4, -0.2) is 43.1 Å². The van der Waals surface area contributed by atoms with Crippen LogP contribution in [-0.2, 0) is 17.8 Å². The molecule has 33 heavy (non-hydrogen) atoms. The number of rotatable bonds is 4. The van der Waals surface area contributed by atoms with E-state index in [2.05, 4.69) is 20.4 Å². The van der Waals surface area contributed by atoms with Gasteiger partial charge in [-0.1, -0.05) is 0 Å². The third-order valence-corrected chi connectivity index (χ3v) is 6.09. The number of anilines is 2. The van der Waals surface area contributed by atoms with Gasteiger partial charge in [0.1, 0.15) is 18.2 Å². The Labute approximate surface area is 191 Å². The molecule has 1 amide bonds. The number of hydrogen-bond acceptors (Lipinski definition) is 5. The fraction of sp³-hybridized carbons (Fsp3) is 0.280. The Kier molecular flexibility index (Phi) is 5.28. The van der Waals surface area contributed by atoms with Gasteiger partial charge in [-0.05, 0) is 56.0 Å². The first kappa shape index (κ1) is 21.1. The molecule has 4 aromatic rings. The average Bonchev–Trinajstić information content (AvgIpc) is 3.07. The summed E-state index contributed by atoms with van der Waals surface area (Å²) in [6.45, 7) is 6.90. The number of nitrogens with zero attached hydrogens (tertiary/aromatic N) is 5. The lowest BCUT2D eigenvalue weighted by Crippen LogP contribution is -2.38. The van der Waals surface area contributed by atoms with E-state index in [-0.39, 0.29) is 24.3 Å². The van der Waals surface area contributed by atoms with Gasteiger partial charge in [0, 0.05) is 65.9 Å². The van der Waals surface area contributed by atoms with Crippen molar-refractivity contribution < 1.29 is 9.18 Å². The molecule has 168 valence electrons. The van der Waals surface area contributed by atoms with Crippen LogP contribution in [0.4, 0.5) is 16.0 Å². The van der Waals surface area contributed by atoms with E-state index in [9.17, 15) is 9.18 Å². The van der Waals surface area contributed by atoms with Gasteiger partial charge in [0.25, 0.3) is 0 Å². The van der Waals surface area contributed by atoms with E-state index in [1.54, 1.807) is 23.3 Å². The van der Waals surface area contributed by atoms with Crippen LogP contribution in [0.2, 0.25) is 0 Å². The second-order valence-corrected chi connectivity index (χ2v) is 8.67. The number of carbonyl (C=O) groups excluding carboxylic acids is 1. The summed E-state index contributed by atoms with van der Waals surface area (Å²) in [4.78, 5) is 23.0. The third-order valence-electron chi connectivity index (χ3n) is 6.09. The van der Waals surface area contributed by atoms with Crippen molar-refractivity contribution >= 4 is 28.3 Å². The average molecular weight is 445 g/mol. The van der Waals surface area contributed by atoms with Crippen LogP contribution >= 0.6 is 0 Å². The summed E-state index contributed by atoms with van der Waals surface area (Å²) in [5.74, 6) is 1.00. The van der Waals surface area contributed by atoms with Gasteiger partial charge in [-0.15, -0.1) is 0 Å².